The molecule has 0 amide bonds. The lowest BCUT2D eigenvalue weighted by atomic mass is 10.0. The van der Waals surface area contributed by atoms with Crippen LogP contribution < -0.4 is 0 Å². The Morgan fingerprint density at radius 2 is 1.83 bits per heavy atom. The van der Waals surface area contributed by atoms with Crippen LogP contribution in [0, 0.1) is 23.2 Å². The van der Waals surface area contributed by atoms with Crippen LogP contribution in [0.1, 0.15) is 46.9 Å². The van der Waals surface area contributed by atoms with Gasteiger partial charge in [0.1, 0.15) is 17.3 Å². The number of aromatic hydroxyl groups is 1. The fourth-order valence-corrected chi connectivity index (χ4v) is 2.91. The summed E-state index contributed by atoms with van der Waals surface area (Å²) in [4.78, 5) is 28.5. The third-order valence-corrected chi connectivity index (χ3v) is 4.34. The quantitative estimate of drug-likeness (QED) is 0.399. The van der Waals surface area contributed by atoms with Gasteiger partial charge in [-0.1, -0.05) is 42.2 Å². The molecule has 0 spiro atoms. The molecule has 0 fully saturated rings. The van der Waals surface area contributed by atoms with E-state index >= 15 is 0 Å². The van der Waals surface area contributed by atoms with Gasteiger partial charge in [0.2, 0.25) is 0 Å². The number of ketones is 1. The second-order valence-electron chi connectivity index (χ2n) is 6.34. The van der Waals surface area contributed by atoms with E-state index < -0.39 is 17.5 Å². The number of carbonyl (C=O) groups is 2. The van der Waals surface area contributed by atoms with Gasteiger partial charge in [-0.3, -0.25) is 9.59 Å². The largest absolute Gasteiger partial charge is 0.504 e. The van der Waals surface area contributed by atoms with E-state index in [2.05, 4.69) is 16.8 Å². The lowest BCUT2D eigenvalue weighted by Crippen LogP contribution is -2.10. The number of benzene rings is 2. The molecule has 0 aliphatic carbocycles. The molecule has 3 rings (SSSR count). The molecule has 30 heavy (non-hydrogen) atoms. The van der Waals surface area contributed by atoms with E-state index in [-0.39, 0.29) is 30.7 Å². The molecule has 0 radical (unpaired) electrons. The summed E-state index contributed by atoms with van der Waals surface area (Å²) in [5.41, 5.74) is 1.36. The monoisotopic (exact) mass is 398 g/mol. The van der Waals surface area contributed by atoms with Crippen molar-refractivity contribution in [1.29, 1.82) is 5.26 Å². The number of hydrogen-bond donors (Lipinski definition) is 1. The van der Waals surface area contributed by atoms with E-state index in [0.29, 0.717) is 16.5 Å². The first-order valence-electron chi connectivity index (χ1n) is 9.36. The van der Waals surface area contributed by atoms with Crippen molar-refractivity contribution in [3.8, 4) is 23.7 Å². The number of rotatable bonds is 5. The average Bonchev–Trinajstić information content (AvgIpc) is 2.76. The Balaban J connectivity index is 2.06. The Morgan fingerprint density at radius 3 is 2.53 bits per heavy atom. The number of fused-ring (bicyclic) bond motifs is 1. The first-order valence-corrected chi connectivity index (χ1v) is 9.36. The summed E-state index contributed by atoms with van der Waals surface area (Å²) in [7, 11) is 0. The van der Waals surface area contributed by atoms with Crippen LogP contribution in [0.15, 0.2) is 48.5 Å². The molecule has 2 aromatic carbocycles. The predicted octanol–water partition coefficient (Wildman–Crippen LogP) is 3.74. The maximum Gasteiger partial charge on any atom is 0.306 e. The molecule has 0 unspecified atom stereocenters. The second-order valence-corrected chi connectivity index (χ2v) is 6.34. The summed E-state index contributed by atoms with van der Waals surface area (Å²) in [6, 6.07) is 16.4. The van der Waals surface area contributed by atoms with Crippen LogP contribution in [0.3, 0.4) is 0 Å². The maximum absolute atomic E-state index is 12.6. The first-order chi connectivity index (χ1) is 14.5. The highest BCUT2D eigenvalue weighted by Gasteiger charge is 2.21. The van der Waals surface area contributed by atoms with Gasteiger partial charge >= 0.3 is 5.97 Å². The number of nitriles is 1. The molecule has 0 aliphatic heterocycles. The van der Waals surface area contributed by atoms with Crippen molar-refractivity contribution in [3.05, 3.63) is 70.9 Å². The fraction of sp³-hybridized carbons (Fsp3) is 0.167. The number of pyridine rings is 1. The number of hydrogen-bond acceptors (Lipinski definition) is 6. The van der Waals surface area contributed by atoms with Crippen LogP contribution in [0.5, 0.6) is 5.75 Å². The Morgan fingerprint density at radius 1 is 1.07 bits per heavy atom. The summed E-state index contributed by atoms with van der Waals surface area (Å²) in [5.74, 6) is 4.49. The zero-order chi connectivity index (χ0) is 21.5. The minimum atomic E-state index is -0.551. The lowest BCUT2D eigenvalue weighted by molar-refractivity contribution is -0.143. The minimum absolute atomic E-state index is 0.0529. The van der Waals surface area contributed by atoms with Gasteiger partial charge in [-0.2, -0.15) is 5.26 Å². The SMILES string of the molecule is CCOC(=O)CCC(=O)c1nc2c(C#Cc3ccccc3)cccc2c(C#N)c1O. The van der Waals surface area contributed by atoms with Crippen molar-refractivity contribution in [2.45, 2.75) is 19.8 Å². The van der Waals surface area contributed by atoms with Gasteiger partial charge in [-0.15, -0.1) is 0 Å². The van der Waals surface area contributed by atoms with E-state index in [1.807, 2.05) is 36.4 Å². The predicted molar refractivity (Wildman–Crippen MR) is 111 cm³/mol. The van der Waals surface area contributed by atoms with E-state index in [0.717, 1.165) is 5.56 Å². The molecule has 0 saturated carbocycles. The van der Waals surface area contributed by atoms with Crippen molar-refractivity contribution < 1.29 is 19.4 Å². The first kappa shape index (κ1) is 20.6. The fourth-order valence-electron chi connectivity index (χ4n) is 2.91. The number of esters is 1. The summed E-state index contributed by atoms with van der Waals surface area (Å²) in [6.45, 7) is 1.89. The van der Waals surface area contributed by atoms with Gasteiger partial charge in [0.15, 0.2) is 11.5 Å². The summed E-state index contributed by atoms with van der Waals surface area (Å²) < 4.78 is 4.82. The van der Waals surface area contributed by atoms with E-state index in [4.69, 9.17) is 4.74 Å². The highest BCUT2D eigenvalue weighted by Crippen LogP contribution is 2.30. The molecule has 3 aromatic rings. The third-order valence-electron chi connectivity index (χ3n) is 4.34. The van der Waals surface area contributed by atoms with E-state index in [1.165, 1.54) is 0 Å². The standard InChI is InChI=1S/C24H18N2O4/c1-2-30-21(28)14-13-20(27)23-24(29)19(15-25)18-10-6-9-17(22(18)26-23)12-11-16-7-4-3-5-8-16/h3-10,29H,2,13-14H2,1H3. The van der Waals surface area contributed by atoms with Gasteiger partial charge < -0.3 is 9.84 Å². The van der Waals surface area contributed by atoms with Crippen LogP contribution in [-0.4, -0.2) is 28.4 Å². The van der Waals surface area contributed by atoms with E-state index in [1.54, 1.807) is 25.1 Å². The molecule has 1 N–H and O–H groups in total. The van der Waals surface area contributed by atoms with Crippen molar-refractivity contribution >= 4 is 22.7 Å². The Bertz CT molecular complexity index is 1220. The van der Waals surface area contributed by atoms with Gasteiger partial charge in [-0.25, -0.2) is 4.98 Å². The smallest absolute Gasteiger partial charge is 0.306 e. The highest BCUT2D eigenvalue weighted by atomic mass is 16.5. The molecular weight excluding hydrogens is 380 g/mol. The molecule has 0 saturated heterocycles. The van der Waals surface area contributed by atoms with Crippen molar-refractivity contribution in [3.63, 3.8) is 0 Å². The third kappa shape index (κ3) is 4.45. The molecule has 6 nitrogen and oxygen atoms in total. The van der Waals surface area contributed by atoms with Crippen LogP contribution in [0.2, 0.25) is 0 Å². The molecule has 1 aromatic heterocycles. The number of Topliss-reactive ketones (excluding diaryl/α,β-unsaturated/α-hetero) is 1. The van der Waals surface area contributed by atoms with Gasteiger partial charge in [0.25, 0.3) is 0 Å². The highest BCUT2D eigenvalue weighted by molar-refractivity contribution is 6.03. The van der Waals surface area contributed by atoms with Gasteiger partial charge in [0.05, 0.1) is 24.1 Å². The Hall–Kier alpha value is -4.16. The summed E-state index contributed by atoms with van der Waals surface area (Å²) in [5, 5.41) is 20.4. The van der Waals surface area contributed by atoms with Crippen LogP contribution in [0.4, 0.5) is 0 Å². The maximum atomic E-state index is 12.6. The van der Waals surface area contributed by atoms with Crippen LogP contribution in [0.25, 0.3) is 10.9 Å². The topological polar surface area (TPSA) is 100 Å². The number of aromatic nitrogens is 1. The van der Waals surface area contributed by atoms with Crippen molar-refractivity contribution in [1.82, 2.24) is 4.98 Å². The molecule has 0 atom stereocenters. The number of para-hydroxylation sites is 1. The molecule has 1 heterocycles. The Labute approximate surface area is 173 Å². The molecule has 6 heteroatoms. The summed E-state index contributed by atoms with van der Waals surface area (Å²) in [6.07, 6.45) is -0.323. The average molecular weight is 398 g/mol. The van der Waals surface area contributed by atoms with Gasteiger partial charge in [-0.05, 0) is 25.1 Å². The molecule has 0 bridgehead atoms. The normalized spacial score (nSPS) is 10.0. The van der Waals surface area contributed by atoms with Gasteiger partial charge in [0, 0.05) is 17.4 Å². The van der Waals surface area contributed by atoms with Crippen LogP contribution in [-0.2, 0) is 9.53 Å². The van der Waals surface area contributed by atoms with E-state index in [9.17, 15) is 20.0 Å². The van der Waals surface area contributed by atoms with Crippen molar-refractivity contribution in [2.24, 2.45) is 0 Å². The number of nitrogens with zero attached hydrogens (tertiary/aromatic N) is 2. The van der Waals surface area contributed by atoms with Crippen LogP contribution >= 0.6 is 0 Å². The van der Waals surface area contributed by atoms with Crippen molar-refractivity contribution in [2.75, 3.05) is 6.61 Å². The molecule has 0 aliphatic rings. The Kier molecular flexibility index (Phi) is 6.42. The molecular formula is C24H18N2O4. The second kappa shape index (κ2) is 9.36. The lowest BCUT2D eigenvalue weighted by Gasteiger charge is -2.09. The zero-order valence-electron chi connectivity index (χ0n) is 16.3. The zero-order valence-corrected chi connectivity index (χ0v) is 16.3. The summed E-state index contributed by atoms with van der Waals surface area (Å²) >= 11 is 0. The number of ether oxygens (including phenoxy) is 1. The minimum Gasteiger partial charge on any atom is -0.504 e. The number of carbonyl (C=O) groups excluding carboxylic acids is 2. The molecule has 148 valence electrons.